The number of hydrogen-bond donors (Lipinski definition) is 3. The average molecular weight is 866 g/mol. The molecule has 3 N–H and O–H groups in total. The van der Waals surface area contributed by atoms with Gasteiger partial charge in [0.05, 0.1) is 16.8 Å². The molecule has 15 nitrogen and oxygen atoms in total. The molecule has 2 saturated heterocycles. The van der Waals surface area contributed by atoms with Gasteiger partial charge in [0.25, 0.3) is 17.7 Å². The van der Waals surface area contributed by atoms with Crippen LogP contribution < -0.4 is 16.0 Å². The van der Waals surface area contributed by atoms with Crippen molar-refractivity contribution in [3.8, 4) is 11.3 Å². The van der Waals surface area contributed by atoms with Crippen LogP contribution in [-0.4, -0.2) is 103 Å². The number of anilines is 3. The maximum absolute atomic E-state index is 13.4. The number of amides is 6. The molecular formula is C47H47N9O6S. The largest absolute Gasteiger partial charge is 0.340 e. The van der Waals surface area contributed by atoms with E-state index in [0.29, 0.717) is 52.9 Å². The van der Waals surface area contributed by atoms with Crippen LogP contribution in [0.25, 0.3) is 11.3 Å². The van der Waals surface area contributed by atoms with E-state index < -0.39 is 29.7 Å². The fourth-order valence-corrected chi connectivity index (χ4v) is 9.01. The van der Waals surface area contributed by atoms with Gasteiger partial charge in [0.15, 0.2) is 0 Å². The lowest BCUT2D eigenvalue weighted by molar-refractivity contribution is -0.136. The average Bonchev–Trinajstić information content (AvgIpc) is 3.55. The summed E-state index contributed by atoms with van der Waals surface area (Å²) in [5.74, 6) is -0.973. The molecule has 1 atom stereocenters. The van der Waals surface area contributed by atoms with Crippen LogP contribution >= 0.6 is 11.8 Å². The number of thioether (sulfide) groups is 1. The second-order valence-electron chi connectivity index (χ2n) is 15.8. The topological polar surface area (TPSA) is 187 Å². The number of fused-ring (bicyclic) bond motifs is 1. The van der Waals surface area contributed by atoms with E-state index in [-0.39, 0.29) is 30.2 Å². The van der Waals surface area contributed by atoms with E-state index in [1.54, 1.807) is 30.7 Å². The summed E-state index contributed by atoms with van der Waals surface area (Å²) in [6.07, 6.45) is 8.25. The minimum absolute atomic E-state index is 0.0737. The Morgan fingerprint density at radius 2 is 1.70 bits per heavy atom. The van der Waals surface area contributed by atoms with E-state index in [2.05, 4.69) is 35.8 Å². The van der Waals surface area contributed by atoms with Gasteiger partial charge in [-0.3, -0.25) is 48.9 Å². The molecule has 3 aromatic carbocycles. The van der Waals surface area contributed by atoms with E-state index in [0.717, 1.165) is 71.9 Å². The van der Waals surface area contributed by atoms with Crippen LogP contribution in [0.4, 0.5) is 17.3 Å². The number of rotatable bonds is 15. The number of carbonyl (C=O) groups is 6. The predicted molar refractivity (Wildman–Crippen MR) is 238 cm³/mol. The maximum Gasteiger partial charge on any atom is 0.263 e. The van der Waals surface area contributed by atoms with Crippen molar-refractivity contribution in [3.05, 3.63) is 125 Å². The van der Waals surface area contributed by atoms with Crippen LogP contribution in [0.3, 0.4) is 0 Å². The Morgan fingerprint density at radius 3 is 2.48 bits per heavy atom. The van der Waals surface area contributed by atoms with E-state index in [9.17, 15) is 28.8 Å². The van der Waals surface area contributed by atoms with Crippen LogP contribution in [0.1, 0.15) is 80.7 Å². The second-order valence-corrected chi connectivity index (χ2v) is 16.9. The van der Waals surface area contributed by atoms with Gasteiger partial charge in [0.2, 0.25) is 23.7 Å². The molecule has 0 radical (unpaired) electrons. The number of pyridine rings is 1. The molecule has 322 valence electrons. The van der Waals surface area contributed by atoms with Crippen molar-refractivity contribution in [3.63, 3.8) is 0 Å². The summed E-state index contributed by atoms with van der Waals surface area (Å²) in [6, 6.07) is 23.0. The minimum Gasteiger partial charge on any atom is -0.340 e. The standard InChI is InChI=1S/C47H47N9O6S/c1-30-11-16-34(27-37(30)52-47-49-21-19-36(51-47)33-7-6-20-48-28-33)50-43(59)32-14-12-31(13-15-32)29-54-22-24-55(25-23-54)41(58)10-3-2-4-26-63-39-9-5-8-35-42(39)46(62)56(45(35)61)38-17-18-40(57)53-44(38)60/h5-9,11-16,19-21,27-28,38H,2-4,10,17-18,22-26,29H2,1H3,(H,50,59)(H,49,51,52)(H,53,57,60). The first-order chi connectivity index (χ1) is 30.6. The van der Waals surface area contributed by atoms with Gasteiger partial charge in [-0.2, -0.15) is 0 Å². The van der Waals surface area contributed by atoms with Crippen molar-refractivity contribution in [2.45, 2.75) is 62.9 Å². The van der Waals surface area contributed by atoms with E-state index in [1.165, 1.54) is 11.8 Å². The molecule has 2 aromatic heterocycles. The highest BCUT2D eigenvalue weighted by atomic mass is 32.2. The normalized spacial score (nSPS) is 16.5. The summed E-state index contributed by atoms with van der Waals surface area (Å²) in [4.78, 5) is 95.9. The van der Waals surface area contributed by atoms with Crippen molar-refractivity contribution in [2.75, 3.05) is 42.6 Å². The Kier molecular flexibility index (Phi) is 13.3. The number of nitrogens with zero attached hydrogens (tertiary/aromatic N) is 6. The number of piperidine rings is 1. The number of aryl methyl sites for hydroxylation is 1. The van der Waals surface area contributed by atoms with Crippen LogP contribution in [-0.2, 0) is 20.9 Å². The Morgan fingerprint density at radius 1 is 0.873 bits per heavy atom. The summed E-state index contributed by atoms with van der Waals surface area (Å²) in [7, 11) is 0. The molecule has 1 unspecified atom stereocenters. The number of piperazine rings is 1. The molecule has 5 aromatic rings. The first kappa shape index (κ1) is 42.9. The molecule has 5 heterocycles. The number of benzene rings is 3. The lowest BCUT2D eigenvalue weighted by Gasteiger charge is -2.35. The zero-order valence-corrected chi connectivity index (χ0v) is 35.7. The van der Waals surface area contributed by atoms with Crippen LogP contribution in [0.5, 0.6) is 0 Å². The second kappa shape index (κ2) is 19.5. The number of aromatic nitrogens is 3. The third-order valence-electron chi connectivity index (χ3n) is 11.4. The summed E-state index contributed by atoms with van der Waals surface area (Å²) < 4.78 is 0. The molecule has 0 spiro atoms. The quantitative estimate of drug-likeness (QED) is 0.0612. The van der Waals surface area contributed by atoms with Gasteiger partial charge in [-0.15, -0.1) is 11.8 Å². The van der Waals surface area contributed by atoms with Crippen molar-refractivity contribution >= 4 is 64.5 Å². The highest BCUT2D eigenvalue weighted by Crippen LogP contribution is 2.35. The fraction of sp³-hybridized carbons (Fsp3) is 0.298. The van der Waals surface area contributed by atoms with Crippen LogP contribution in [0.2, 0.25) is 0 Å². The highest BCUT2D eigenvalue weighted by molar-refractivity contribution is 7.99. The highest BCUT2D eigenvalue weighted by Gasteiger charge is 2.45. The summed E-state index contributed by atoms with van der Waals surface area (Å²) in [6.45, 7) is 5.53. The molecule has 63 heavy (non-hydrogen) atoms. The third-order valence-corrected chi connectivity index (χ3v) is 12.6. The van der Waals surface area contributed by atoms with Crippen molar-refractivity contribution < 1.29 is 28.8 Å². The maximum atomic E-state index is 13.4. The zero-order chi connectivity index (χ0) is 43.9. The smallest absolute Gasteiger partial charge is 0.263 e. The summed E-state index contributed by atoms with van der Waals surface area (Å²) in [5, 5.41) is 8.51. The molecule has 0 bridgehead atoms. The molecule has 0 saturated carbocycles. The lowest BCUT2D eigenvalue weighted by Crippen LogP contribution is -2.54. The van der Waals surface area contributed by atoms with Gasteiger partial charge in [0, 0.05) is 91.6 Å². The van der Waals surface area contributed by atoms with Crippen molar-refractivity contribution in [1.82, 2.24) is 35.0 Å². The Bertz CT molecular complexity index is 2550. The molecule has 2 fully saturated rings. The van der Waals surface area contributed by atoms with Crippen LogP contribution in [0, 0.1) is 6.92 Å². The molecule has 3 aliphatic rings. The van der Waals surface area contributed by atoms with Crippen molar-refractivity contribution in [1.29, 1.82) is 0 Å². The Labute approximate surface area is 369 Å². The number of unbranched alkanes of at least 4 members (excludes halogenated alkanes) is 2. The molecule has 8 rings (SSSR count). The van der Waals surface area contributed by atoms with Gasteiger partial charge in [-0.05, 0) is 97.7 Å². The van der Waals surface area contributed by atoms with Gasteiger partial charge >= 0.3 is 0 Å². The zero-order valence-electron chi connectivity index (χ0n) is 34.8. The lowest BCUT2D eigenvalue weighted by atomic mass is 10.0. The predicted octanol–water partition coefficient (Wildman–Crippen LogP) is 6.24. The van der Waals surface area contributed by atoms with Gasteiger partial charge in [0.1, 0.15) is 6.04 Å². The summed E-state index contributed by atoms with van der Waals surface area (Å²) >= 11 is 1.49. The SMILES string of the molecule is Cc1ccc(NC(=O)c2ccc(CN3CCN(C(=O)CCCCCSc4cccc5c4C(=O)N(C4CCC(=O)NC4=O)C5=O)CC3)cc2)cc1Nc1nccc(-c2cccnc2)n1. The van der Waals surface area contributed by atoms with Crippen LogP contribution in [0.15, 0.2) is 102 Å². The first-order valence-corrected chi connectivity index (χ1v) is 22.1. The number of nitrogens with one attached hydrogen (secondary N) is 3. The Hall–Kier alpha value is -6.78. The fourth-order valence-electron chi connectivity index (χ4n) is 7.93. The van der Waals surface area contributed by atoms with E-state index >= 15 is 0 Å². The van der Waals surface area contributed by atoms with E-state index in [4.69, 9.17) is 0 Å². The van der Waals surface area contributed by atoms with Gasteiger partial charge in [-0.25, -0.2) is 9.97 Å². The molecule has 16 heteroatoms. The number of hydrogen-bond acceptors (Lipinski definition) is 12. The Balaban J connectivity index is 0.739. The van der Waals surface area contributed by atoms with Gasteiger partial charge < -0.3 is 15.5 Å². The molecular weight excluding hydrogens is 819 g/mol. The van der Waals surface area contributed by atoms with E-state index in [1.807, 2.05) is 78.6 Å². The molecule has 3 aliphatic heterocycles. The molecule has 6 amide bonds. The molecule has 0 aliphatic carbocycles. The first-order valence-electron chi connectivity index (χ1n) is 21.1. The van der Waals surface area contributed by atoms with Crippen molar-refractivity contribution in [2.24, 2.45) is 0 Å². The number of carbonyl (C=O) groups excluding carboxylic acids is 6. The minimum atomic E-state index is -0.996. The monoisotopic (exact) mass is 865 g/mol. The summed E-state index contributed by atoms with van der Waals surface area (Å²) in [5.41, 5.74) is 6.23. The van der Waals surface area contributed by atoms with Gasteiger partial charge in [-0.1, -0.05) is 30.7 Å². The third kappa shape index (κ3) is 10.1. The number of imide groups is 2.